The van der Waals surface area contributed by atoms with Crippen LogP contribution in [0.5, 0.6) is 0 Å². The van der Waals surface area contributed by atoms with E-state index in [1.807, 2.05) is 4.90 Å². The number of morpholine rings is 1. The normalized spacial score (nSPS) is 18.3. The molecule has 1 aliphatic heterocycles. The molecule has 24 heavy (non-hydrogen) atoms. The summed E-state index contributed by atoms with van der Waals surface area (Å²) in [4.78, 5) is 6.29. The van der Waals surface area contributed by atoms with Crippen LogP contribution in [0.3, 0.4) is 0 Å². The van der Waals surface area contributed by atoms with E-state index in [0.29, 0.717) is 47.4 Å². The van der Waals surface area contributed by atoms with Gasteiger partial charge in [-0.2, -0.15) is 4.98 Å². The van der Waals surface area contributed by atoms with Gasteiger partial charge in [0.1, 0.15) is 23.3 Å². The number of anilines is 1. The quantitative estimate of drug-likeness (QED) is 0.689. The second kappa shape index (κ2) is 6.03. The predicted octanol–water partition coefficient (Wildman–Crippen LogP) is 4.34. The average Bonchev–Trinajstić information content (AvgIpc) is 2.98. The van der Waals surface area contributed by atoms with Crippen LogP contribution >= 0.6 is 11.6 Å². The van der Waals surface area contributed by atoms with Crippen LogP contribution in [0.15, 0.2) is 40.8 Å². The minimum atomic E-state index is -0.391. The summed E-state index contributed by atoms with van der Waals surface area (Å²) in [6.45, 7) is 1.50. The van der Waals surface area contributed by atoms with E-state index in [4.69, 9.17) is 20.8 Å². The van der Waals surface area contributed by atoms with Crippen LogP contribution in [-0.2, 0) is 4.74 Å². The highest BCUT2D eigenvalue weighted by Gasteiger charge is 2.27. The van der Waals surface area contributed by atoms with Gasteiger partial charge in [0.25, 0.3) is 6.01 Å². The van der Waals surface area contributed by atoms with Crippen molar-refractivity contribution < 1.29 is 17.9 Å². The second-order valence-corrected chi connectivity index (χ2v) is 5.99. The fourth-order valence-corrected chi connectivity index (χ4v) is 3.08. The Morgan fingerprint density at radius 1 is 1.12 bits per heavy atom. The summed E-state index contributed by atoms with van der Waals surface area (Å²) in [6.07, 6.45) is -0.321. The Morgan fingerprint density at radius 3 is 2.75 bits per heavy atom. The van der Waals surface area contributed by atoms with Crippen LogP contribution in [0.25, 0.3) is 11.1 Å². The lowest BCUT2D eigenvalue weighted by molar-refractivity contribution is 0.0381. The predicted molar refractivity (Wildman–Crippen MR) is 86.3 cm³/mol. The van der Waals surface area contributed by atoms with Gasteiger partial charge in [0.15, 0.2) is 5.58 Å². The molecule has 1 atom stereocenters. The monoisotopic (exact) mass is 350 g/mol. The van der Waals surface area contributed by atoms with E-state index in [1.165, 1.54) is 24.3 Å². The third-order valence-electron chi connectivity index (χ3n) is 3.99. The van der Waals surface area contributed by atoms with Crippen LogP contribution < -0.4 is 4.90 Å². The molecule has 4 rings (SSSR count). The zero-order valence-corrected chi connectivity index (χ0v) is 13.3. The van der Waals surface area contributed by atoms with Gasteiger partial charge in [-0.15, -0.1) is 0 Å². The number of oxazole rings is 1. The first kappa shape index (κ1) is 15.4. The molecular formula is C17H13ClF2N2O2. The van der Waals surface area contributed by atoms with Crippen LogP contribution in [-0.4, -0.2) is 24.7 Å². The molecule has 0 radical (unpaired) electrons. The maximum absolute atomic E-state index is 13.3. The Labute approximate surface area is 141 Å². The lowest BCUT2D eigenvalue weighted by Gasteiger charge is -2.32. The highest BCUT2D eigenvalue weighted by atomic mass is 35.5. The van der Waals surface area contributed by atoms with Crippen molar-refractivity contribution in [3.05, 3.63) is 58.6 Å². The number of aromatic nitrogens is 1. The van der Waals surface area contributed by atoms with Crippen molar-refractivity contribution in [2.75, 3.05) is 24.6 Å². The molecule has 4 nitrogen and oxygen atoms in total. The number of rotatable bonds is 2. The maximum atomic E-state index is 13.3. The Kier molecular flexibility index (Phi) is 3.86. The molecule has 1 aromatic heterocycles. The molecule has 0 saturated carbocycles. The summed E-state index contributed by atoms with van der Waals surface area (Å²) in [7, 11) is 0. The minimum Gasteiger partial charge on any atom is -0.423 e. The standard InChI is InChI=1S/C17H13ClF2N2O2/c18-13-7-10(19)1-3-12(13)16-9-22(5-6-23-16)17-21-14-4-2-11(20)8-15(14)24-17/h1-4,7-8,16H,5-6,9H2. The number of hydrogen-bond acceptors (Lipinski definition) is 4. The molecule has 1 saturated heterocycles. The maximum Gasteiger partial charge on any atom is 0.298 e. The lowest BCUT2D eigenvalue weighted by atomic mass is 10.1. The fraction of sp³-hybridized carbons (Fsp3) is 0.235. The van der Waals surface area contributed by atoms with Crippen LogP contribution in [0.1, 0.15) is 11.7 Å². The van der Waals surface area contributed by atoms with Crippen molar-refractivity contribution in [1.82, 2.24) is 4.98 Å². The van der Waals surface area contributed by atoms with E-state index < -0.39 is 5.82 Å². The molecule has 124 valence electrons. The molecule has 1 fully saturated rings. The number of fused-ring (bicyclic) bond motifs is 1. The number of nitrogens with zero attached hydrogens (tertiary/aromatic N) is 2. The van der Waals surface area contributed by atoms with E-state index in [-0.39, 0.29) is 11.9 Å². The summed E-state index contributed by atoms with van der Waals surface area (Å²) < 4.78 is 37.9. The van der Waals surface area contributed by atoms with Crippen molar-refractivity contribution >= 4 is 28.7 Å². The third-order valence-corrected chi connectivity index (χ3v) is 4.31. The number of halogens is 3. The molecule has 0 N–H and O–H groups in total. The van der Waals surface area contributed by atoms with Gasteiger partial charge in [-0.05, 0) is 24.3 Å². The van der Waals surface area contributed by atoms with Crippen LogP contribution in [0.2, 0.25) is 5.02 Å². The van der Waals surface area contributed by atoms with E-state index in [0.717, 1.165) is 0 Å². The van der Waals surface area contributed by atoms with Crippen molar-refractivity contribution in [3.8, 4) is 0 Å². The Hall–Kier alpha value is -2.18. The van der Waals surface area contributed by atoms with Gasteiger partial charge >= 0.3 is 0 Å². The molecular weight excluding hydrogens is 338 g/mol. The topological polar surface area (TPSA) is 38.5 Å². The van der Waals surface area contributed by atoms with Crippen molar-refractivity contribution in [2.24, 2.45) is 0 Å². The highest BCUT2D eigenvalue weighted by molar-refractivity contribution is 6.31. The van der Waals surface area contributed by atoms with Gasteiger partial charge in [-0.3, -0.25) is 0 Å². The molecule has 2 heterocycles. The smallest absolute Gasteiger partial charge is 0.298 e. The molecule has 2 aromatic carbocycles. The largest absolute Gasteiger partial charge is 0.423 e. The summed E-state index contributed by atoms with van der Waals surface area (Å²) in [6, 6.07) is 8.87. The summed E-state index contributed by atoms with van der Waals surface area (Å²) in [5.41, 5.74) is 1.70. The summed E-state index contributed by atoms with van der Waals surface area (Å²) in [5, 5.41) is 0.321. The first-order valence-electron chi connectivity index (χ1n) is 7.48. The summed E-state index contributed by atoms with van der Waals surface area (Å²) >= 11 is 6.12. The molecule has 0 aliphatic carbocycles. The second-order valence-electron chi connectivity index (χ2n) is 5.58. The SMILES string of the molecule is Fc1ccc(C2CN(c3nc4ccc(F)cc4o3)CCO2)c(Cl)c1. The lowest BCUT2D eigenvalue weighted by Crippen LogP contribution is -2.38. The Bertz CT molecular complexity index is 899. The van der Waals surface area contributed by atoms with E-state index in [2.05, 4.69) is 4.98 Å². The van der Waals surface area contributed by atoms with Crippen molar-refractivity contribution in [2.45, 2.75) is 6.10 Å². The van der Waals surface area contributed by atoms with Crippen LogP contribution in [0.4, 0.5) is 14.8 Å². The fourth-order valence-electron chi connectivity index (χ4n) is 2.80. The molecule has 1 unspecified atom stereocenters. The molecule has 3 aromatic rings. The molecule has 0 bridgehead atoms. The number of hydrogen-bond donors (Lipinski definition) is 0. The van der Waals surface area contributed by atoms with E-state index in [9.17, 15) is 8.78 Å². The van der Waals surface area contributed by atoms with Gasteiger partial charge in [-0.25, -0.2) is 8.78 Å². The first-order valence-corrected chi connectivity index (χ1v) is 7.85. The zero-order chi connectivity index (χ0) is 16.7. The van der Waals surface area contributed by atoms with Crippen LogP contribution in [0, 0.1) is 11.6 Å². The number of benzene rings is 2. The molecule has 0 amide bonds. The van der Waals surface area contributed by atoms with Gasteiger partial charge in [0, 0.05) is 23.2 Å². The third kappa shape index (κ3) is 2.83. The Morgan fingerprint density at radius 2 is 1.92 bits per heavy atom. The summed E-state index contributed by atoms with van der Waals surface area (Å²) in [5.74, 6) is -0.763. The Balaban J connectivity index is 1.61. The zero-order valence-electron chi connectivity index (χ0n) is 12.5. The van der Waals surface area contributed by atoms with E-state index in [1.54, 1.807) is 12.1 Å². The number of ether oxygens (including phenoxy) is 1. The molecule has 1 aliphatic rings. The first-order chi connectivity index (χ1) is 11.6. The van der Waals surface area contributed by atoms with E-state index >= 15 is 0 Å². The van der Waals surface area contributed by atoms with Crippen molar-refractivity contribution in [1.29, 1.82) is 0 Å². The van der Waals surface area contributed by atoms with Gasteiger partial charge < -0.3 is 14.1 Å². The van der Waals surface area contributed by atoms with Crippen molar-refractivity contribution in [3.63, 3.8) is 0 Å². The molecule has 0 spiro atoms. The van der Waals surface area contributed by atoms with Gasteiger partial charge in [0.05, 0.1) is 13.2 Å². The van der Waals surface area contributed by atoms with Gasteiger partial charge in [-0.1, -0.05) is 17.7 Å². The van der Waals surface area contributed by atoms with Gasteiger partial charge in [0.2, 0.25) is 0 Å². The minimum absolute atomic E-state index is 0.321. The average molecular weight is 351 g/mol. The molecule has 7 heteroatoms. The highest BCUT2D eigenvalue weighted by Crippen LogP contribution is 2.32.